The standard InChI is InChI=1S/C3H6N2O6S2/c6-1-4-12(8,9)3-13(10,11)5-2-7/h1-3H,(H,4,6)(H2,5,7,10,11). The Morgan fingerprint density at radius 1 is 1.00 bits per heavy atom. The molecule has 8 nitrogen and oxygen atoms in total. The number of carbonyl (C=O) groups is 2. The van der Waals surface area contributed by atoms with Gasteiger partial charge in [0.05, 0.1) is 0 Å². The average Bonchev–Trinajstić information content (AvgIpc) is 1.82. The zero-order valence-electron chi connectivity index (χ0n) is 6.04. The summed E-state index contributed by atoms with van der Waals surface area (Å²) in [5.41, 5.74) is 0. The van der Waals surface area contributed by atoms with Crippen molar-refractivity contribution in [2.75, 3.05) is 0 Å². The number of nitrogens with one attached hydrogen (secondary N) is 2. The topological polar surface area (TPSA) is 130 Å². The molecule has 0 spiro atoms. The summed E-state index contributed by atoms with van der Waals surface area (Å²) in [4.78, 5) is 19.4. The van der Waals surface area contributed by atoms with Crippen molar-refractivity contribution >= 4 is 37.5 Å². The van der Waals surface area contributed by atoms with E-state index in [4.69, 9.17) is 4.55 Å². The van der Waals surface area contributed by atoms with Gasteiger partial charge in [-0.25, -0.2) is 12.6 Å². The van der Waals surface area contributed by atoms with E-state index < -0.39 is 20.0 Å². The molecule has 2 amide bonds. The third-order valence-electron chi connectivity index (χ3n) is 0.686. The maximum absolute atomic E-state index is 10.7. The van der Waals surface area contributed by atoms with Crippen molar-refractivity contribution in [3.63, 3.8) is 0 Å². The summed E-state index contributed by atoms with van der Waals surface area (Å²) in [5.74, 6) is 0. The Labute approximate surface area is 74.3 Å². The molecule has 1 unspecified atom stereocenters. The van der Waals surface area contributed by atoms with E-state index in [0.29, 0.717) is 0 Å². The van der Waals surface area contributed by atoms with E-state index in [-0.39, 0.29) is 17.5 Å². The van der Waals surface area contributed by atoms with Gasteiger partial charge in [-0.15, -0.1) is 0 Å². The number of carbonyl (C=O) groups excluding carboxylic acids is 2. The van der Waals surface area contributed by atoms with Gasteiger partial charge in [0, 0.05) is 0 Å². The molecule has 0 aliphatic rings. The summed E-state index contributed by atoms with van der Waals surface area (Å²) in [6.45, 7) is 0. The lowest BCUT2D eigenvalue weighted by Crippen LogP contribution is -2.31. The maximum Gasteiger partial charge on any atom is 0.268 e. The molecule has 0 rings (SSSR count). The largest absolute Gasteiger partial charge is 0.298 e. The molecule has 0 aromatic rings. The Kier molecular flexibility index (Phi) is 3.84. The third-order valence-corrected chi connectivity index (χ3v) is 3.60. The van der Waals surface area contributed by atoms with Crippen LogP contribution in [0.2, 0.25) is 0 Å². The van der Waals surface area contributed by atoms with E-state index in [1.807, 2.05) is 0 Å². The first kappa shape index (κ1) is 11.9. The molecule has 13 heavy (non-hydrogen) atoms. The SMILES string of the molecule is O=CNS(=O)(=O)C=S(=O)(O)NC=O. The van der Waals surface area contributed by atoms with Crippen molar-refractivity contribution in [3.8, 4) is 0 Å². The first-order chi connectivity index (χ1) is 5.83. The normalized spacial score (nSPS) is 15.2. The predicted molar refractivity (Wildman–Crippen MR) is 44.2 cm³/mol. The minimum absolute atomic E-state index is 0.0806. The number of sulfonamides is 1. The minimum Gasteiger partial charge on any atom is -0.298 e. The Hall–Kier alpha value is -1.13. The van der Waals surface area contributed by atoms with Gasteiger partial charge < -0.3 is 0 Å². The van der Waals surface area contributed by atoms with E-state index in [0.717, 1.165) is 0 Å². The number of hydrogen-bond acceptors (Lipinski definition) is 5. The summed E-state index contributed by atoms with van der Waals surface area (Å²) in [6, 6.07) is 0. The molecule has 0 saturated carbocycles. The fourth-order valence-corrected chi connectivity index (χ4v) is 2.45. The lowest BCUT2D eigenvalue weighted by Gasteiger charge is -2.00. The minimum atomic E-state index is -4.30. The molecular formula is C3H6N2O6S2. The smallest absolute Gasteiger partial charge is 0.268 e. The van der Waals surface area contributed by atoms with Crippen LogP contribution in [0.15, 0.2) is 0 Å². The number of rotatable bonds is 5. The Morgan fingerprint density at radius 2 is 1.46 bits per heavy atom. The molecule has 3 N–H and O–H groups in total. The van der Waals surface area contributed by atoms with Crippen LogP contribution < -0.4 is 9.44 Å². The van der Waals surface area contributed by atoms with Gasteiger partial charge in [0.25, 0.3) is 10.0 Å². The van der Waals surface area contributed by atoms with Crippen LogP contribution in [0.4, 0.5) is 0 Å². The highest BCUT2D eigenvalue weighted by Crippen LogP contribution is 1.81. The van der Waals surface area contributed by atoms with Crippen molar-refractivity contribution in [1.29, 1.82) is 0 Å². The molecule has 10 heteroatoms. The van der Waals surface area contributed by atoms with Crippen molar-refractivity contribution < 1.29 is 26.8 Å². The van der Waals surface area contributed by atoms with Gasteiger partial charge in [-0.2, -0.15) is 0 Å². The van der Waals surface area contributed by atoms with Gasteiger partial charge in [0.15, 0.2) is 9.99 Å². The first-order valence-corrected chi connectivity index (χ1v) is 5.74. The van der Waals surface area contributed by atoms with Crippen LogP contribution in [0.1, 0.15) is 0 Å². The zero-order chi connectivity index (χ0) is 10.5. The molecule has 76 valence electrons. The van der Waals surface area contributed by atoms with Crippen molar-refractivity contribution in [3.05, 3.63) is 0 Å². The van der Waals surface area contributed by atoms with E-state index in [1.54, 1.807) is 0 Å². The summed E-state index contributed by atoms with van der Waals surface area (Å²) in [7, 11) is -8.42. The predicted octanol–water partition coefficient (Wildman–Crippen LogP) is -2.76. The van der Waals surface area contributed by atoms with E-state index in [9.17, 15) is 22.2 Å². The highest BCUT2D eigenvalue weighted by Gasteiger charge is 2.10. The van der Waals surface area contributed by atoms with Crippen LogP contribution >= 0.6 is 0 Å². The Balaban J connectivity index is 5.04. The van der Waals surface area contributed by atoms with Crippen LogP contribution in [0, 0.1) is 0 Å². The molecule has 0 aliphatic carbocycles. The highest BCUT2D eigenvalue weighted by molar-refractivity contribution is 8.18. The fraction of sp³-hybridized carbons (Fsp3) is 0. The van der Waals surface area contributed by atoms with E-state index >= 15 is 0 Å². The summed E-state index contributed by atoms with van der Waals surface area (Å²) in [5, 5.41) is 0. The van der Waals surface area contributed by atoms with Gasteiger partial charge in [0.1, 0.15) is 4.70 Å². The van der Waals surface area contributed by atoms with Gasteiger partial charge >= 0.3 is 0 Å². The molecule has 0 aromatic carbocycles. The van der Waals surface area contributed by atoms with Crippen molar-refractivity contribution in [2.24, 2.45) is 0 Å². The molecule has 0 bridgehead atoms. The molecular weight excluding hydrogens is 224 g/mol. The van der Waals surface area contributed by atoms with Gasteiger partial charge in [-0.05, 0) is 0 Å². The second kappa shape index (κ2) is 4.20. The van der Waals surface area contributed by atoms with E-state index in [2.05, 4.69) is 0 Å². The van der Waals surface area contributed by atoms with Crippen LogP contribution in [0.5, 0.6) is 0 Å². The Bertz CT molecular complexity index is 402. The fourth-order valence-electron chi connectivity index (χ4n) is 0.363. The van der Waals surface area contributed by atoms with Crippen LogP contribution in [0.3, 0.4) is 0 Å². The molecule has 0 radical (unpaired) electrons. The van der Waals surface area contributed by atoms with E-state index in [1.165, 1.54) is 9.44 Å². The lowest BCUT2D eigenvalue weighted by atomic mass is 11.5. The van der Waals surface area contributed by atoms with Gasteiger partial charge in [-0.1, -0.05) is 0 Å². The highest BCUT2D eigenvalue weighted by atomic mass is 32.3. The van der Waals surface area contributed by atoms with Crippen LogP contribution in [0.25, 0.3) is 0 Å². The zero-order valence-corrected chi connectivity index (χ0v) is 7.67. The second-order valence-electron chi connectivity index (χ2n) is 1.68. The quantitative estimate of drug-likeness (QED) is 0.346. The summed E-state index contributed by atoms with van der Waals surface area (Å²) >= 11 is 0. The average molecular weight is 230 g/mol. The number of amides is 2. The van der Waals surface area contributed by atoms with Crippen LogP contribution in [-0.2, 0) is 29.6 Å². The summed E-state index contributed by atoms with van der Waals surface area (Å²) < 4.78 is 43.2. The molecule has 0 aliphatic heterocycles. The molecule has 1 atom stereocenters. The molecule has 0 aromatic heterocycles. The van der Waals surface area contributed by atoms with Gasteiger partial charge in [-0.3, -0.25) is 23.6 Å². The number of hydrogen-bond donors (Lipinski definition) is 3. The Morgan fingerprint density at radius 3 is 1.85 bits per heavy atom. The second-order valence-corrected chi connectivity index (χ2v) is 5.15. The first-order valence-electron chi connectivity index (χ1n) is 2.61. The third kappa shape index (κ3) is 5.16. The van der Waals surface area contributed by atoms with Gasteiger partial charge in [0.2, 0.25) is 12.8 Å². The van der Waals surface area contributed by atoms with Crippen molar-refractivity contribution in [1.82, 2.24) is 9.44 Å². The monoisotopic (exact) mass is 230 g/mol. The molecule has 0 saturated heterocycles. The van der Waals surface area contributed by atoms with Crippen LogP contribution in [-0.4, -0.2) is 34.7 Å². The van der Waals surface area contributed by atoms with Crippen molar-refractivity contribution in [2.45, 2.75) is 0 Å². The summed E-state index contributed by atoms with van der Waals surface area (Å²) in [6.07, 6.45) is -0.322. The lowest BCUT2D eigenvalue weighted by molar-refractivity contribution is -0.108. The maximum atomic E-state index is 10.7. The molecule has 0 heterocycles. The molecule has 0 fully saturated rings.